The minimum atomic E-state index is -1.16. The minimum absolute atomic E-state index is 0.146. The van der Waals surface area contributed by atoms with E-state index in [0.29, 0.717) is 12.6 Å². The summed E-state index contributed by atoms with van der Waals surface area (Å²) in [5.74, 6) is -0.157. The summed E-state index contributed by atoms with van der Waals surface area (Å²) in [7, 11) is 0. The molecule has 1 aliphatic rings. The molecule has 0 spiro atoms. The summed E-state index contributed by atoms with van der Waals surface area (Å²) >= 11 is 0. The van der Waals surface area contributed by atoms with Gasteiger partial charge in [-0.3, -0.25) is 9.69 Å². The largest absolute Gasteiger partial charge is 0.394 e. The van der Waals surface area contributed by atoms with E-state index in [1.807, 2.05) is 6.92 Å². The third-order valence-electron chi connectivity index (χ3n) is 3.47. The maximum Gasteiger partial charge on any atom is 0.245 e. The second-order valence-corrected chi connectivity index (χ2v) is 5.51. The van der Waals surface area contributed by atoms with Gasteiger partial charge >= 0.3 is 0 Å². The van der Waals surface area contributed by atoms with Gasteiger partial charge in [-0.15, -0.1) is 0 Å². The predicted octanol–water partition coefficient (Wildman–Crippen LogP) is -0.363. The number of rotatable bonds is 3. The molecule has 3 N–H and O–H groups in total. The van der Waals surface area contributed by atoms with Gasteiger partial charge in [0.2, 0.25) is 5.91 Å². The summed E-state index contributed by atoms with van der Waals surface area (Å²) in [5, 5.41) is 9.14. The Morgan fingerprint density at radius 1 is 1.53 bits per heavy atom. The molecule has 0 bridgehead atoms. The van der Waals surface area contributed by atoms with E-state index in [4.69, 9.17) is 10.8 Å². The minimum Gasteiger partial charge on any atom is -0.394 e. The van der Waals surface area contributed by atoms with E-state index < -0.39 is 5.54 Å². The standard InChI is InChI=1S/C12H25N3O2/c1-9(2)14-5-6-15(10(3)7-14)11(17)12(4,13)8-16/h9-10,16H,5-8,13H2,1-4H3/t10-,12?/m1/s1. The van der Waals surface area contributed by atoms with Gasteiger partial charge < -0.3 is 15.7 Å². The second kappa shape index (κ2) is 5.33. The Labute approximate surface area is 104 Å². The van der Waals surface area contributed by atoms with Crippen molar-refractivity contribution < 1.29 is 9.90 Å². The van der Waals surface area contributed by atoms with Crippen LogP contribution in [0.3, 0.4) is 0 Å². The summed E-state index contributed by atoms with van der Waals surface area (Å²) in [5.41, 5.74) is 4.63. The summed E-state index contributed by atoms with van der Waals surface area (Å²) in [6, 6.07) is 0.643. The highest BCUT2D eigenvalue weighted by molar-refractivity contribution is 5.86. The molecule has 100 valence electrons. The van der Waals surface area contributed by atoms with Crippen molar-refractivity contribution in [3.63, 3.8) is 0 Å². The molecule has 1 fully saturated rings. The molecule has 2 atom stereocenters. The van der Waals surface area contributed by atoms with Crippen LogP contribution in [0, 0.1) is 0 Å². The third-order valence-corrected chi connectivity index (χ3v) is 3.47. The van der Waals surface area contributed by atoms with Gasteiger partial charge in [0.15, 0.2) is 0 Å². The average Bonchev–Trinajstić information content (AvgIpc) is 2.27. The van der Waals surface area contributed by atoms with Gasteiger partial charge in [-0.05, 0) is 27.7 Å². The Morgan fingerprint density at radius 2 is 2.12 bits per heavy atom. The smallest absolute Gasteiger partial charge is 0.245 e. The Bertz CT molecular complexity index is 279. The Morgan fingerprint density at radius 3 is 2.53 bits per heavy atom. The van der Waals surface area contributed by atoms with Crippen molar-refractivity contribution in [1.29, 1.82) is 0 Å². The summed E-state index contributed by atoms with van der Waals surface area (Å²) in [6.07, 6.45) is 0. The number of hydrogen-bond donors (Lipinski definition) is 2. The molecule has 1 saturated heterocycles. The zero-order chi connectivity index (χ0) is 13.2. The van der Waals surface area contributed by atoms with Crippen molar-refractivity contribution in [2.75, 3.05) is 26.2 Å². The van der Waals surface area contributed by atoms with Crippen LogP contribution in [0.4, 0.5) is 0 Å². The van der Waals surface area contributed by atoms with E-state index in [9.17, 15) is 4.79 Å². The van der Waals surface area contributed by atoms with Crippen LogP contribution in [-0.2, 0) is 4.79 Å². The number of amides is 1. The lowest BCUT2D eigenvalue weighted by Gasteiger charge is -2.43. The van der Waals surface area contributed by atoms with Crippen molar-refractivity contribution in [3.8, 4) is 0 Å². The molecule has 1 rings (SSSR count). The van der Waals surface area contributed by atoms with Crippen LogP contribution >= 0.6 is 0 Å². The van der Waals surface area contributed by atoms with Gasteiger partial charge in [-0.2, -0.15) is 0 Å². The molecule has 17 heavy (non-hydrogen) atoms. The molecule has 1 heterocycles. The number of nitrogens with two attached hydrogens (primary N) is 1. The van der Waals surface area contributed by atoms with E-state index in [2.05, 4.69) is 18.7 Å². The third kappa shape index (κ3) is 3.18. The van der Waals surface area contributed by atoms with Gasteiger partial charge in [0.05, 0.1) is 6.61 Å². The molecule has 5 nitrogen and oxygen atoms in total. The molecule has 0 aliphatic carbocycles. The quantitative estimate of drug-likeness (QED) is 0.710. The lowest BCUT2D eigenvalue weighted by molar-refractivity contribution is -0.142. The Kier molecular flexibility index (Phi) is 4.52. The molecule has 0 radical (unpaired) electrons. The van der Waals surface area contributed by atoms with Crippen LogP contribution in [0.5, 0.6) is 0 Å². The van der Waals surface area contributed by atoms with Crippen molar-refractivity contribution >= 4 is 5.91 Å². The number of carbonyl (C=O) groups is 1. The van der Waals surface area contributed by atoms with Gasteiger partial charge in [0.1, 0.15) is 5.54 Å². The first kappa shape index (κ1) is 14.4. The Balaban J connectivity index is 2.67. The van der Waals surface area contributed by atoms with Crippen molar-refractivity contribution in [1.82, 2.24) is 9.80 Å². The molecule has 0 aromatic rings. The molecule has 0 saturated carbocycles. The molecule has 0 aromatic heterocycles. The van der Waals surface area contributed by atoms with Crippen LogP contribution in [0.15, 0.2) is 0 Å². The number of nitrogens with zero attached hydrogens (tertiary/aromatic N) is 2. The molecular formula is C12H25N3O2. The highest BCUT2D eigenvalue weighted by atomic mass is 16.3. The molecule has 0 aromatic carbocycles. The molecule has 1 unspecified atom stereocenters. The fourth-order valence-electron chi connectivity index (χ4n) is 2.15. The first-order valence-corrected chi connectivity index (χ1v) is 6.24. The average molecular weight is 243 g/mol. The van der Waals surface area contributed by atoms with Crippen molar-refractivity contribution in [2.45, 2.75) is 45.3 Å². The first-order valence-electron chi connectivity index (χ1n) is 6.24. The zero-order valence-corrected chi connectivity index (χ0v) is 11.3. The van der Waals surface area contributed by atoms with Crippen molar-refractivity contribution in [2.24, 2.45) is 5.73 Å². The predicted molar refractivity (Wildman–Crippen MR) is 67.6 cm³/mol. The SMILES string of the molecule is CC(C)N1CCN(C(=O)C(C)(N)CO)[C@H](C)C1. The normalized spacial score (nSPS) is 26.1. The van der Waals surface area contributed by atoms with Crippen LogP contribution in [0.2, 0.25) is 0 Å². The monoisotopic (exact) mass is 243 g/mol. The number of carbonyl (C=O) groups excluding carboxylic acids is 1. The molecule has 1 amide bonds. The summed E-state index contributed by atoms with van der Waals surface area (Å²) in [4.78, 5) is 16.3. The van der Waals surface area contributed by atoms with Crippen LogP contribution in [0.1, 0.15) is 27.7 Å². The van der Waals surface area contributed by atoms with E-state index in [1.165, 1.54) is 0 Å². The maximum absolute atomic E-state index is 12.2. The van der Waals surface area contributed by atoms with E-state index >= 15 is 0 Å². The number of hydrogen-bond acceptors (Lipinski definition) is 4. The van der Waals surface area contributed by atoms with Crippen molar-refractivity contribution in [3.05, 3.63) is 0 Å². The van der Waals surface area contributed by atoms with Gasteiger partial charge in [-0.25, -0.2) is 0 Å². The number of aliphatic hydroxyl groups excluding tert-OH is 1. The first-order chi connectivity index (χ1) is 7.79. The molecule has 1 aliphatic heterocycles. The number of aliphatic hydroxyl groups is 1. The summed E-state index contributed by atoms with van der Waals surface area (Å²) in [6.45, 7) is 10.0. The summed E-state index contributed by atoms with van der Waals surface area (Å²) < 4.78 is 0. The van der Waals surface area contributed by atoms with Crippen LogP contribution in [0.25, 0.3) is 0 Å². The molecular weight excluding hydrogens is 218 g/mol. The lowest BCUT2D eigenvalue weighted by Crippen LogP contribution is -2.63. The zero-order valence-electron chi connectivity index (χ0n) is 11.3. The highest BCUT2D eigenvalue weighted by Gasteiger charge is 2.36. The fraction of sp³-hybridized carbons (Fsp3) is 0.917. The van der Waals surface area contributed by atoms with Crippen LogP contribution in [-0.4, -0.2) is 64.7 Å². The fourth-order valence-corrected chi connectivity index (χ4v) is 2.15. The maximum atomic E-state index is 12.2. The van der Waals surface area contributed by atoms with E-state index in [-0.39, 0.29) is 18.6 Å². The highest BCUT2D eigenvalue weighted by Crippen LogP contribution is 2.15. The second-order valence-electron chi connectivity index (χ2n) is 5.51. The van der Waals surface area contributed by atoms with Gasteiger partial charge in [0, 0.05) is 31.7 Å². The van der Waals surface area contributed by atoms with E-state index in [0.717, 1.165) is 13.1 Å². The topological polar surface area (TPSA) is 69.8 Å². The van der Waals surface area contributed by atoms with Gasteiger partial charge in [0.25, 0.3) is 0 Å². The lowest BCUT2D eigenvalue weighted by atomic mass is 10.0. The van der Waals surface area contributed by atoms with Crippen LogP contribution < -0.4 is 5.73 Å². The number of piperazine rings is 1. The van der Waals surface area contributed by atoms with E-state index in [1.54, 1.807) is 11.8 Å². The molecule has 5 heteroatoms. The Hall–Kier alpha value is -0.650. The van der Waals surface area contributed by atoms with Gasteiger partial charge in [-0.1, -0.05) is 0 Å².